The van der Waals surface area contributed by atoms with Gasteiger partial charge in [0, 0.05) is 26.7 Å². The van der Waals surface area contributed by atoms with Crippen molar-refractivity contribution in [2.24, 2.45) is 5.73 Å². The summed E-state index contributed by atoms with van der Waals surface area (Å²) in [6, 6.07) is 0. The fraction of sp³-hybridized carbons (Fsp3) is 0.933. The number of hydrogen-bond donors (Lipinski definition) is 2. The lowest BCUT2D eigenvalue weighted by Gasteiger charge is -2.30. The minimum atomic E-state index is -0.727. The molecule has 0 aromatic rings. The van der Waals surface area contributed by atoms with E-state index in [4.69, 9.17) is 19.9 Å². The van der Waals surface area contributed by atoms with Gasteiger partial charge in [0.05, 0.1) is 24.9 Å². The highest BCUT2D eigenvalue weighted by Gasteiger charge is 2.32. The molecule has 0 rings (SSSR count). The number of carbonyl (C=O) groups excluding carboxylic acids is 1. The third-order valence-corrected chi connectivity index (χ3v) is 3.27. The van der Waals surface area contributed by atoms with Crippen LogP contribution in [0.1, 0.15) is 40.0 Å². The first-order valence-corrected chi connectivity index (χ1v) is 7.69. The van der Waals surface area contributed by atoms with Gasteiger partial charge in [0.25, 0.3) is 0 Å². The largest absolute Gasteiger partial charge is 0.385 e. The molecule has 21 heavy (non-hydrogen) atoms. The predicted molar refractivity (Wildman–Crippen MR) is 83.2 cm³/mol. The second-order valence-electron chi connectivity index (χ2n) is 5.47. The van der Waals surface area contributed by atoms with Crippen LogP contribution in [-0.2, 0) is 19.0 Å². The van der Waals surface area contributed by atoms with Crippen molar-refractivity contribution in [3.63, 3.8) is 0 Å². The van der Waals surface area contributed by atoms with E-state index < -0.39 is 5.54 Å². The van der Waals surface area contributed by atoms with Gasteiger partial charge in [0.2, 0.25) is 5.91 Å². The summed E-state index contributed by atoms with van der Waals surface area (Å²) < 4.78 is 16.0. The zero-order valence-electron chi connectivity index (χ0n) is 13.9. The van der Waals surface area contributed by atoms with Crippen LogP contribution in [0.5, 0.6) is 0 Å². The summed E-state index contributed by atoms with van der Waals surface area (Å²) in [5, 5.41) is 3.20. The minimum Gasteiger partial charge on any atom is -0.385 e. The van der Waals surface area contributed by atoms with Gasteiger partial charge >= 0.3 is 0 Å². The van der Waals surface area contributed by atoms with Crippen LogP contribution in [0.2, 0.25) is 0 Å². The second-order valence-corrected chi connectivity index (χ2v) is 5.47. The third kappa shape index (κ3) is 9.79. The van der Waals surface area contributed by atoms with E-state index in [1.165, 1.54) is 0 Å². The Bertz CT molecular complexity index is 276. The fourth-order valence-corrected chi connectivity index (χ4v) is 2.01. The Morgan fingerprint density at radius 2 is 2.00 bits per heavy atom. The van der Waals surface area contributed by atoms with Crippen LogP contribution in [0.15, 0.2) is 0 Å². The first kappa shape index (κ1) is 20.3. The van der Waals surface area contributed by atoms with Gasteiger partial charge in [0.1, 0.15) is 0 Å². The van der Waals surface area contributed by atoms with E-state index >= 15 is 0 Å². The molecule has 0 saturated carbocycles. The summed E-state index contributed by atoms with van der Waals surface area (Å²) in [6.45, 7) is 9.01. The molecule has 6 nitrogen and oxygen atoms in total. The van der Waals surface area contributed by atoms with E-state index in [9.17, 15) is 4.79 Å². The van der Waals surface area contributed by atoms with Gasteiger partial charge in [-0.25, -0.2) is 0 Å². The zero-order valence-corrected chi connectivity index (χ0v) is 13.9. The Balaban J connectivity index is 3.88. The highest BCUT2D eigenvalue weighted by Crippen LogP contribution is 2.14. The van der Waals surface area contributed by atoms with Gasteiger partial charge in [-0.2, -0.15) is 0 Å². The van der Waals surface area contributed by atoms with Gasteiger partial charge < -0.3 is 25.3 Å². The predicted octanol–water partition coefficient (Wildman–Crippen LogP) is 1.08. The molecule has 6 heteroatoms. The van der Waals surface area contributed by atoms with Gasteiger partial charge in [-0.05, 0) is 33.2 Å². The lowest BCUT2D eigenvalue weighted by Crippen LogP contribution is -2.55. The summed E-state index contributed by atoms with van der Waals surface area (Å²) >= 11 is 0. The van der Waals surface area contributed by atoms with Crippen LogP contribution in [0.4, 0.5) is 0 Å². The Labute approximate surface area is 128 Å². The van der Waals surface area contributed by atoms with Crippen LogP contribution in [0.25, 0.3) is 0 Å². The molecule has 0 aliphatic carbocycles. The SMILES string of the molecule is CCCNC(C)(CC(C)OCCOCCCOC)C(N)=O. The molecule has 0 aromatic heterocycles. The van der Waals surface area contributed by atoms with Crippen LogP contribution in [-0.4, -0.2) is 57.6 Å². The van der Waals surface area contributed by atoms with Crippen LogP contribution in [0, 0.1) is 0 Å². The molecule has 126 valence electrons. The molecule has 0 bridgehead atoms. The Hall–Kier alpha value is -0.690. The number of amides is 1. The highest BCUT2D eigenvalue weighted by atomic mass is 16.5. The van der Waals surface area contributed by atoms with E-state index in [1.807, 2.05) is 13.8 Å². The molecule has 1 amide bonds. The normalized spacial score (nSPS) is 15.6. The molecule has 0 radical (unpaired) electrons. The molecule has 2 unspecified atom stereocenters. The number of nitrogens with two attached hydrogens (primary N) is 1. The van der Waals surface area contributed by atoms with Crippen LogP contribution in [0.3, 0.4) is 0 Å². The lowest BCUT2D eigenvalue weighted by atomic mass is 9.93. The lowest BCUT2D eigenvalue weighted by molar-refractivity contribution is -0.125. The first-order chi connectivity index (χ1) is 9.96. The van der Waals surface area contributed by atoms with Crippen molar-refractivity contribution in [1.29, 1.82) is 0 Å². The molecule has 0 aromatic carbocycles. The van der Waals surface area contributed by atoms with Crippen molar-refractivity contribution in [1.82, 2.24) is 5.32 Å². The molecule has 0 aliphatic heterocycles. The summed E-state index contributed by atoms with van der Waals surface area (Å²) in [4.78, 5) is 11.6. The van der Waals surface area contributed by atoms with Crippen LogP contribution >= 0.6 is 0 Å². The van der Waals surface area contributed by atoms with E-state index in [1.54, 1.807) is 7.11 Å². The maximum Gasteiger partial charge on any atom is 0.237 e. The summed E-state index contributed by atoms with van der Waals surface area (Å²) in [7, 11) is 1.67. The second kappa shape index (κ2) is 11.9. The molecule has 3 N–H and O–H groups in total. The first-order valence-electron chi connectivity index (χ1n) is 7.69. The minimum absolute atomic E-state index is 0.0607. The summed E-state index contributed by atoms with van der Waals surface area (Å²) in [5.74, 6) is -0.345. The Morgan fingerprint density at radius 1 is 1.29 bits per heavy atom. The zero-order chi connectivity index (χ0) is 16.1. The maximum absolute atomic E-state index is 11.6. The van der Waals surface area contributed by atoms with E-state index in [0.717, 1.165) is 19.4 Å². The number of rotatable bonds is 14. The van der Waals surface area contributed by atoms with Crippen LogP contribution < -0.4 is 11.1 Å². The quantitative estimate of drug-likeness (QED) is 0.469. The number of ether oxygens (including phenoxy) is 3. The number of hydrogen-bond acceptors (Lipinski definition) is 5. The monoisotopic (exact) mass is 304 g/mol. The Kier molecular flexibility index (Phi) is 11.5. The molecular weight excluding hydrogens is 272 g/mol. The van der Waals surface area contributed by atoms with E-state index in [0.29, 0.717) is 32.8 Å². The molecular formula is C15H32N2O4. The van der Waals surface area contributed by atoms with Gasteiger partial charge in [-0.3, -0.25) is 4.79 Å². The number of primary amides is 1. The average molecular weight is 304 g/mol. The molecule has 0 fully saturated rings. The van der Waals surface area contributed by atoms with E-state index in [-0.39, 0.29) is 12.0 Å². The van der Waals surface area contributed by atoms with Crippen molar-refractivity contribution in [3.8, 4) is 0 Å². The topological polar surface area (TPSA) is 82.8 Å². The molecule has 0 heterocycles. The summed E-state index contributed by atoms with van der Waals surface area (Å²) in [6.07, 6.45) is 2.32. The molecule has 2 atom stereocenters. The highest BCUT2D eigenvalue weighted by molar-refractivity contribution is 5.84. The van der Waals surface area contributed by atoms with Crippen molar-refractivity contribution in [2.75, 3.05) is 40.1 Å². The number of methoxy groups -OCH3 is 1. The van der Waals surface area contributed by atoms with Crippen molar-refractivity contribution < 1.29 is 19.0 Å². The van der Waals surface area contributed by atoms with Gasteiger partial charge in [-0.15, -0.1) is 0 Å². The van der Waals surface area contributed by atoms with Crippen molar-refractivity contribution in [3.05, 3.63) is 0 Å². The number of carbonyl (C=O) groups is 1. The standard InChI is InChI=1S/C15H32N2O4/c1-5-7-17-15(3,14(16)18)12-13(2)21-11-10-20-9-6-8-19-4/h13,17H,5-12H2,1-4H3,(H2,16,18). The van der Waals surface area contributed by atoms with Gasteiger partial charge in [0.15, 0.2) is 0 Å². The number of nitrogens with one attached hydrogen (secondary N) is 1. The maximum atomic E-state index is 11.6. The fourth-order valence-electron chi connectivity index (χ4n) is 2.01. The average Bonchev–Trinajstić information content (AvgIpc) is 2.44. The Morgan fingerprint density at radius 3 is 2.57 bits per heavy atom. The molecule has 0 aliphatic rings. The molecule has 0 saturated heterocycles. The smallest absolute Gasteiger partial charge is 0.237 e. The molecule has 0 spiro atoms. The third-order valence-electron chi connectivity index (χ3n) is 3.27. The van der Waals surface area contributed by atoms with E-state index in [2.05, 4.69) is 12.2 Å². The summed E-state index contributed by atoms with van der Waals surface area (Å²) in [5.41, 5.74) is 4.76. The van der Waals surface area contributed by atoms with Crippen molar-refractivity contribution >= 4 is 5.91 Å². The van der Waals surface area contributed by atoms with Gasteiger partial charge in [-0.1, -0.05) is 6.92 Å². The van der Waals surface area contributed by atoms with Crippen molar-refractivity contribution in [2.45, 2.75) is 51.7 Å².